The molecule has 0 aromatic heterocycles. The average Bonchev–Trinajstić information content (AvgIpc) is 2.48. The van der Waals surface area contributed by atoms with Gasteiger partial charge in [0.25, 0.3) is 0 Å². The van der Waals surface area contributed by atoms with Gasteiger partial charge in [0.15, 0.2) is 0 Å². The van der Waals surface area contributed by atoms with E-state index in [1.807, 2.05) is 4.90 Å². The maximum Gasteiger partial charge on any atom is 0.223 e. The molecular formula is C15H31N3O. The van der Waals surface area contributed by atoms with Crippen LogP contribution in [0.4, 0.5) is 0 Å². The second-order valence-corrected chi connectivity index (χ2v) is 5.46. The summed E-state index contributed by atoms with van der Waals surface area (Å²) >= 11 is 0. The van der Waals surface area contributed by atoms with Crippen LogP contribution in [0.2, 0.25) is 0 Å². The number of nitrogens with zero attached hydrogens (tertiary/aromatic N) is 2. The van der Waals surface area contributed by atoms with Crippen LogP contribution < -0.4 is 5.32 Å². The molecule has 1 aliphatic rings. The van der Waals surface area contributed by atoms with Gasteiger partial charge in [-0.15, -0.1) is 0 Å². The lowest BCUT2D eigenvalue weighted by Crippen LogP contribution is -2.47. The first-order chi connectivity index (χ1) is 9.21. The third-order valence-corrected chi connectivity index (χ3v) is 4.23. The number of amides is 1. The molecule has 0 atom stereocenters. The number of rotatable bonds is 8. The largest absolute Gasteiger partial charge is 0.340 e. The highest BCUT2D eigenvalue weighted by molar-refractivity contribution is 5.76. The van der Waals surface area contributed by atoms with Gasteiger partial charge in [-0.3, -0.25) is 4.79 Å². The minimum atomic E-state index is 0.324. The number of hydrogen-bond donors (Lipinski definition) is 1. The Morgan fingerprint density at radius 3 is 2.37 bits per heavy atom. The van der Waals surface area contributed by atoms with Crippen LogP contribution in [0.5, 0.6) is 0 Å². The molecule has 1 rings (SSSR count). The Labute approximate surface area is 118 Å². The molecule has 0 bridgehead atoms. The summed E-state index contributed by atoms with van der Waals surface area (Å²) in [6, 6.07) is 0. The first-order valence-electron chi connectivity index (χ1n) is 7.92. The molecule has 0 spiro atoms. The lowest BCUT2D eigenvalue weighted by atomic mass is 10.0. The van der Waals surface area contributed by atoms with E-state index in [-0.39, 0.29) is 0 Å². The van der Waals surface area contributed by atoms with Crippen molar-refractivity contribution in [1.82, 2.24) is 15.1 Å². The predicted octanol–water partition coefficient (Wildman–Crippen LogP) is 1.57. The fraction of sp³-hybridized carbons (Fsp3) is 0.933. The molecule has 1 amide bonds. The van der Waals surface area contributed by atoms with Gasteiger partial charge in [-0.25, -0.2) is 0 Å². The van der Waals surface area contributed by atoms with Crippen LogP contribution in [-0.2, 0) is 4.79 Å². The van der Waals surface area contributed by atoms with Gasteiger partial charge in [0.05, 0.1) is 0 Å². The number of carbonyl (C=O) groups is 1. The van der Waals surface area contributed by atoms with Gasteiger partial charge < -0.3 is 15.1 Å². The standard InChI is InChI=1S/C15H31N3O/c1-4-14(5-2)13-17(6-3)10-7-15(19)18-11-8-16-9-12-18/h14,16H,4-13H2,1-3H3. The Morgan fingerprint density at radius 1 is 1.21 bits per heavy atom. The fourth-order valence-corrected chi connectivity index (χ4v) is 2.62. The van der Waals surface area contributed by atoms with E-state index in [4.69, 9.17) is 0 Å². The van der Waals surface area contributed by atoms with Gasteiger partial charge in [0, 0.05) is 45.7 Å². The normalized spacial score (nSPS) is 16.4. The van der Waals surface area contributed by atoms with Gasteiger partial charge in [0.2, 0.25) is 5.91 Å². The summed E-state index contributed by atoms with van der Waals surface area (Å²) in [4.78, 5) is 16.5. The zero-order chi connectivity index (χ0) is 14.1. The third kappa shape index (κ3) is 5.91. The molecule has 1 N–H and O–H groups in total. The van der Waals surface area contributed by atoms with Crippen molar-refractivity contribution < 1.29 is 4.79 Å². The van der Waals surface area contributed by atoms with Crippen LogP contribution in [0, 0.1) is 5.92 Å². The average molecular weight is 269 g/mol. The number of carbonyl (C=O) groups excluding carboxylic acids is 1. The monoisotopic (exact) mass is 269 g/mol. The number of nitrogens with one attached hydrogen (secondary N) is 1. The molecule has 1 aliphatic heterocycles. The number of hydrogen-bond acceptors (Lipinski definition) is 3. The summed E-state index contributed by atoms with van der Waals surface area (Å²) in [7, 11) is 0. The Bertz CT molecular complexity index is 248. The first-order valence-corrected chi connectivity index (χ1v) is 7.92. The van der Waals surface area contributed by atoms with Crippen molar-refractivity contribution in [2.24, 2.45) is 5.92 Å². The molecule has 0 aliphatic carbocycles. The number of piperazine rings is 1. The summed E-state index contributed by atoms with van der Waals surface area (Å²) in [6.07, 6.45) is 3.14. The van der Waals surface area contributed by atoms with Crippen LogP contribution in [0.25, 0.3) is 0 Å². The first kappa shape index (κ1) is 16.4. The van der Waals surface area contributed by atoms with Crippen molar-refractivity contribution in [3.05, 3.63) is 0 Å². The zero-order valence-electron chi connectivity index (χ0n) is 13.0. The molecule has 19 heavy (non-hydrogen) atoms. The van der Waals surface area contributed by atoms with Crippen molar-refractivity contribution in [2.75, 3.05) is 45.8 Å². The summed E-state index contributed by atoms with van der Waals surface area (Å²) in [5.41, 5.74) is 0. The Balaban J connectivity index is 2.29. The highest BCUT2D eigenvalue weighted by atomic mass is 16.2. The van der Waals surface area contributed by atoms with E-state index in [0.29, 0.717) is 12.3 Å². The molecule has 0 radical (unpaired) electrons. The highest BCUT2D eigenvalue weighted by Gasteiger charge is 2.17. The molecule has 1 fully saturated rings. The summed E-state index contributed by atoms with van der Waals surface area (Å²) < 4.78 is 0. The molecular weight excluding hydrogens is 238 g/mol. The van der Waals surface area contributed by atoms with E-state index < -0.39 is 0 Å². The van der Waals surface area contributed by atoms with Crippen molar-refractivity contribution >= 4 is 5.91 Å². The summed E-state index contributed by atoms with van der Waals surface area (Å²) in [6.45, 7) is 13.4. The molecule has 1 heterocycles. The van der Waals surface area contributed by atoms with Crippen LogP contribution in [0.15, 0.2) is 0 Å². The van der Waals surface area contributed by atoms with E-state index in [9.17, 15) is 4.79 Å². The predicted molar refractivity (Wildman–Crippen MR) is 80.3 cm³/mol. The maximum atomic E-state index is 12.1. The quantitative estimate of drug-likeness (QED) is 0.726. The maximum absolute atomic E-state index is 12.1. The van der Waals surface area contributed by atoms with E-state index >= 15 is 0 Å². The van der Waals surface area contributed by atoms with E-state index in [2.05, 4.69) is 31.0 Å². The SMILES string of the molecule is CCC(CC)CN(CC)CCC(=O)N1CCNCC1. The smallest absolute Gasteiger partial charge is 0.223 e. The molecule has 0 unspecified atom stereocenters. The molecule has 4 nitrogen and oxygen atoms in total. The molecule has 1 saturated heterocycles. The molecule has 112 valence electrons. The molecule has 0 saturated carbocycles. The summed E-state index contributed by atoms with van der Waals surface area (Å²) in [5, 5.41) is 3.28. The van der Waals surface area contributed by atoms with Gasteiger partial charge >= 0.3 is 0 Å². The molecule has 0 aromatic carbocycles. The zero-order valence-corrected chi connectivity index (χ0v) is 13.0. The van der Waals surface area contributed by atoms with Crippen LogP contribution in [-0.4, -0.2) is 61.5 Å². The molecule has 0 aromatic rings. The van der Waals surface area contributed by atoms with E-state index in [0.717, 1.165) is 51.7 Å². The van der Waals surface area contributed by atoms with Gasteiger partial charge in [-0.1, -0.05) is 33.6 Å². The van der Waals surface area contributed by atoms with E-state index in [1.165, 1.54) is 12.8 Å². The highest BCUT2D eigenvalue weighted by Crippen LogP contribution is 2.10. The third-order valence-electron chi connectivity index (χ3n) is 4.23. The minimum absolute atomic E-state index is 0.324. The second-order valence-electron chi connectivity index (χ2n) is 5.46. The summed E-state index contributed by atoms with van der Waals surface area (Å²) in [5.74, 6) is 1.10. The Kier molecular flexibility index (Phi) is 8.07. The van der Waals surface area contributed by atoms with Crippen molar-refractivity contribution in [3.8, 4) is 0 Å². The fourth-order valence-electron chi connectivity index (χ4n) is 2.62. The Morgan fingerprint density at radius 2 is 1.84 bits per heavy atom. The van der Waals surface area contributed by atoms with Gasteiger partial charge in [-0.05, 0) is 12.5 Å². The lowest BCUT2D eigenvalue weighted by Gasteiger charge is -2.29. The van der Waals surface area contributed by atoms with Crippen LogP contribution in [0.3, 0.4) is 0 Å². The second kappa shape index (κ2) is 9.32. The minimum Gasteiger partial charge on any atom is -0.340 e. The van der Waals surface area contributed by atoms with Crippen molar-refractivity contribution in [2.45, 2.75) is 40.0 Å². The Hall–Kier alpha value is -0.610. The van der Waals surface area contributed by atoms with Crippen molar-refractivity contribution in [3.63, 3.8) is 0 Å². The van der Waals surface area contributed by atoms with Crippen LogP contribution in [0.1, 0.15) is 40.0 Å². The van der Waals surface area contributed by atoms with Crippen molar-refractivity contribution in [1.29, 1.82) is 0 Å². The lowest BCUT2D eigenvalue weighted by molar-refractivity contribution is -0.132. The van der Waals surface area contributed by atoms with Crippen LogP contribution >= 0.6 is 0 Å². The van der Waals surface area contributed by atoms with Gasteiger partial charge in [0.1, 0.15) is 0 Å². The van der Waals surface area contributed by atoms with Gasteiger partial charge in [-0.2, -0.15) is 0 Å². The topological polar surface area (TPSA) is 35.6 Å². The van der Waals surface area contributed by atoms with E-state index in [1.54, 1.807) is 0 Å². The molecule has 4 heteroatoms.